The van der Waals surface area contributed by atoms with Crippen molar-refractivity contribution in [2.75, 3.05) is 21.3 Å². The van der Waals surface area contributed by atoms with Crippen molar-refractivity contribution < 1.29 is 9.22 Å². The summed E-state index contributed by atoms with van der Waals surface area (Å²) >= 11 is -3.02. The van der Waals surface area contributed by atoms with Crippen molar-refractivity contribution in [2.24, 2.45) is 0 Å². The van der Waals surface area contributed by atoms with E-state index < -0.39 is 19.6 Å². The fourth-order valence-electron chi connectivity index (χ4n) is 0.957. The van der Waals surface area contributed by atoms with E-state index >= 15 is 0 Å². The van der Waals surface area contributed by atoms with Crippen LogP contribution in [0.4, 0.5) is 0 Å². The molecule has 0 unspecified atom stereocenters. The Labute approximate surface area is 68.2 Å². The van der Waals surface area contributed by atoms with Crippen LogP contribution in [0.3, 0.4) is 0 Å². The predicted octanol–water partition coefficient (Wildman–Crippen LogP) is 1.27. The van der Waals surface area contributed by atoms with Gasteiger partial charge in [0.2, 0.25) is 0 Å². The summed E-state index contributed by atoms with van der Waals surface area (Å²) in [6, 6.07) is 0. The van der Waals surface area contributed by atoms with Crippen LogP contribution in [0.5, 0.6) is 0 Å². The van der Waals surface area contributed by atoms with Crippen molar-refractivity contribution >= 4 is 19.6 Å². The Morgan fingerprint density at radius 2 is 1.20 bits per heavy atom. The summed E-state index contributed by atoms with van der Waals surface area (Å²) in [6.07, 6.45) is 0. The first-order valence-electron chi connectivity index (χ1n) is 3.28. The molecule has 0 aliphatic carbocycles. The van der Waals surface area contributed by atoms with Crippen LogP contribution in [0.25, 0.3) is 0 Å². The van der Waals surface area contributed by atoms with Crippen LogP contribution >= 0.6 is 0 Å². The quantitative estimate of drug-likeness (QED) is 0.708. The van der Waals surface area contributed by atoms with E-state index in [1.807, 2.05) is 0 Å². The van der Waals surface area contributed by atoms with Crippen molar-refractivity contribution in [1.82, 2.24) is 0 Å². The molecular formula is C6H16O3Sn. The number of hydrogen-bond donors (Lipinski definition) is 0. The van der Waals surface area contributed by atoms with E-state index in [2.05, 4.69) is 13.8 Å². The Morgan fingerprint density at radius 1 is 0.900 bits per heavy atom. The fraction of sp³-hybridized carbons (Fsp3) is 1.00. The predicted molar refractivity (Wildman–Crippen MR) is 41.9 cm³/mol. The Bertz CT molecular complexity index is 82.7. The molecule has 0 aromatic heterocycles. The molecule has 0 aromatic rings. The summed E-state index contributed by atoms with van der Waals surface area (Å²) in [5.41, 5.74) is 0. The first-order valence-corrected chi connectivity index (χ1v) is 8.42. The third-order valence-electron chi connectivity index (χ3n) is 1.56. The molecule has 0 aromatic carbocycles. The molecule has 0 spiro atoms. The van der Waals surface area contributed by atoms with Crippen molar-refractivity contribution in [1.29, 1.82) is 0 Å². The van der Waals surface area contributed by atoms with Gasteiger partial charge in [-0.15, -0.1) is 0 Å². The van der Waals surface area contributed by atoms with E-state index in [1.165, 1.54) is 0 Å². The van der Waals surface area contributed by atoms with Gasteiger partial charge in [0.1, 0.15) is 0 Å². The van der Waals surface area contributed by atoms with E-state index in [0.717, 1.165) is 0 Å². The zero-order valence-electron chi connectivity index (χ0n) is 7.30. The summed E-state index contributed by atoms with van der Waals surface area (Å²) in [5, 5.41) is 0. The molecule has 0 rings (SSSR count). The molecule has 0 aliphatic rings. The van der Waals surface area contributed by atoms with Gasteiger partial charge in [0, 0.05) is 0 Å². The molecule has 0 saturated carbocycles. The summed E-state index contributed by atoms with van der Waals surface area (Å²) < 4.78 is 16.2. The maximum absolute atomic E-state index is 5.26. The average molecular weight is 255 g/mol. The van der Waals surface area contributed by atoms with Crippen LogP contribution in [-0.2, 0) is 9.22 Å². The van der Waals surface area contributed by atoms with E-state index in [4.69, 9.17) is 9.22 Å². The Balaban J connectivity index is 4.15. The number of rotatable bonds is 4. The zero-order valence-corrected chi connectivity index (χ0v) is 10.2. The molecular weight excluding hydrogens is 239 g/mol. The van der Waals surface area contributed by atoms with Crippen LogP contribution in [0.1, 0.15) is 13.8 Å². The molecule has 0 atom stereocenters. The second kappa shape index (κ2) is 4.53. The molecule has 0 saturated heterocycles. The van der Waals surface area contributed by atoms with E-state index in [-0.39, 0.29) is 0 Å². The molecule has 0 amide bonds. The molecule has 3 nitrogen and oxygen atoms in total. The SMILES string of the molecule is C[O][Sn]([O]C)([O]C)[CH](C)C. The molecule has 0 radical (unpaired) electrons. The first-order chi connectivity index (χ1) is 4.63. The third kappa shape index (κ3) is 2.08. The standard InChI is InChI=1S/C3H7.3CH3O.Sn/c1-3-2;3*1-2;/h3H,1-2H3;3*1H3;/q;3*-1;+3. The molecule has 62 valence electrons. The van der Waals surface area contributed by atoms with Gasteiger partial charge < -0.3 is 0 Å². The van der Waals surface area contributed by atoms with Gasteiger partial charge in [-0.1, -0.05) is 0 Å². The van der Waals surface area contributed by atoms with Crippen molar-refractivity contribution in [3.05, 3.63) is 0 Å². The molecule has 10 heavy (non-hydrogen) atoms. The van der Waals surface area contributed by atoms with Crippen molar-refractivity contribution in [3.63, 3.8) is 0 Å². The van der Waals surface area contributed by atoms with Gasteiger partial charge in [-0.2, -0.15) is 0 Å². The van der Waals surface area contributed by atoms with Crippen molar-refractivity contribution in [3.8, 4) is 0 Å². The van der Waals surface area contributed by atoms with Crippen LogP contribution < -0.4 is 0 Å². The van der Waals surface area contributed by atoms with Gasteiger partial charge in [-0.05, 0) is 0 Å². The molecule has 0 heterocycles. The van der Waals surface area contributed by atoms with Gasteiger partial charge in [0.25, 0.3) is 0 Å². The zero-order chi connectivity index (χ0) is 8.20. The fourth-order valence-corrected chi connectivity index (χ4v) is 6.42. The van der Waals surface area contributed by atoms with Crippen LogP contribution in [0.15, 0.2) is 0 Å². The van der Waals surface area contributed by atoms with E-state index in [1.54, 1.807) is 21.3 Å². The van der Waals surface area contributed by atoms with Gasteiger partial charge in [0.05, 0.1) is 0 Å². The van der Waals surface area contributed by atoms with Crippen LogP contribution in [-0.4, -0.2) is 40.9 Å². The van der Waals surface area contributed by atoms with Gasteiger partial charge in [0.15, 0.2) is 0 Å². The Hall–Kier alpha value is 0.679. The molecule has 4 heteroatoms. The molecule has 0 aliphatic heterocycles. The maximum atomic E-state index is 5.26. The summed E-state index contributed by atoms with van der Waals surface area (Å²) in [7, 11) is 4.97. The molecule has 0 fully saturated rings. The second-order valence-electron chi connectivity index (χ2n) is 2.37. The third-order valence-corrected chi connectivity index (χ3v) is 10.5. The summed E-state index contributed by atoms with van der Waals surface area (Å²) in [6.45, 7) is 4.12. The topological polar surface area (TPSA) is 27.7 Å². The van der Waals surface area contributed by atoms with Gasteiger partial charge in [-0.3, -0.25) is 0 Å². The van der Waals surface area contributed by atoms with Crippen LogP contribution in [0.2, 0.25) is 3.93 Å². The minimum atomic E-state index is -3.02. The van der Waals surface area contributed by atoms with Gasteiger partial charge >= 0.3 is 68.0 Å². The number of hydrogen-bond acceptors (Lipinski definition) is 3. The summed E-state index contributed by atoms with van der Waals surface area (Å²) in [4.78, 5) is 0. The first kappa shape index (κ1) is 10.7. The molecule has 0 bridgehead atoms. The Kier molecular flexibility index (Phi) is 4.84. The van der Waals surface area contributed by atoms with Crippen LogP contribution in [0, 0.1) is 0 Å². The Morgan fingerprint density at radius 3 is 1.20 bits per heavy atom. The average Bonchev–Trinajstić information content (AvgIpc) is 1.92. The van der Waals surface area contributed by atoms with Crippen molar-refractivity contribution in [2.45, 2.75) is 17.8 Å². The minimum absolute atomic E-state index is 0.384. The monoisotopic (exact) mass is 256 g/mol. The molecule has 0 N–H and O–H groups in total. The summed E-state index contributed by atoms with van der Waals surface area (Å²) in [5.74, 6) is 0. The normalized spacial score (nSPS) is 12.6. The van der Waals surface area contributed by atoms with E-state index in [9.17, 15) is 0 Å². The second-order valence-corrected chi connectivity index (χ2v) is 12.6. The van der Waals surface area contributed by atoms with E-state index in [0.29, 0.717) is 3.93 Å². The van der Waals surface area contributed by atoms with Gasteiger partial charge in [-0.25, -0.2) is 0 Å².